The molecule has 256 valence electrons. The molecule has 3 unspecified atom stereocenters. The molecule has 1 saturated heterocycles. The molecular weight excluding hydrogens is 606 g/mol. The van der Waals surface area contributed by atoms with Crippen LogP contribution in [0, 0.1) is 33.5 Å². The van der Waals surface area contributed by atoms with Crippen molar-refractivity contribution in [3.05, 3.63) is 12.7 Å². The Labute approximate surface area is 274 Å². The van der Waals surface area contributed by atoms with Crippen LogP contribution >= 0.6 is 0 Å². The van der Waals surface area contributed by atoms with Gasteiger partial charge in [0.15, 0.2) is 0 Å². The van der Waals surface area contributed by atoms with E-state index in [2.05, 4.69) is 47.0 Å². The van der Waals surface area contributed by atoms with E-state index in [4.69, 9.17) is 0 Å². The molecule has 0 aromatic heterocycles. The van der Waals surface area contributed by atoms with Gasteiger partial charge >= 0.3 is 0 Å². The molecule has 46 heavy (non-hydrogen) atoms. The number of likely N-dealkylation sites (tertiary alicyclic amines) is 1. The first-order chi connectivity index (χ1) is 21.3. The fourth-order valence-corrected chi connectivity index (χ4v) is 10.1. The number of hydrogen-bond acceptors (Lipinski definition) is 6. The van der Waals surface area contributed by atoms with Crippen molar-refractivity contribution in [3.63, 3.8) is 0 Å². The molecule has 1 aliphatic heterocycles. The number of nitrogens with zero attached hydrogens (tertiary/aromatic N) is 1. The van der Waals surface area contributed by atoms with Crippen molar-refractivity contribution in [3.8, 4) is 0 Å². The van der Waals surface area contributed by atoms with E-state index in [1.807, 2.05) is 20.8 Å². The standard InChI is InChI=1S/C34H53N5O6S/c1-9-22-17-34(22,29(44)38-46(7,8)45)37-26(41)23-18-33(31(5,6)32(33)15-12-16-32)19-39(23)28(43)25(30(2,3)4)36-27(42)24(35-20-40)21-13-10-11-14-21/h9,20-25H,1,7,10-19H2,2-6,8H3,(H,35,40)(H,36,42)(H,37,41)(H,38,44,45)/t22-,23+,24?,25-,33?,34-,46?/m1/s1. The number of nitrogens with one attached hydrogen (secondary N) is 4. The lowest BCUT2D eigenvalue weighted by molar-refractivity contribution is -0.145. The summed E-state index contributed by atoms with van der Waals surface area (Å²) in [5.41, 5.74) is -2.35. The van der Waals surface area contributed by atoms with Crippen molar-refractivity contribution in [1.82, 2.24) is 25.6 Å². The van der Waals surface area contributed by atoms with Gasteiger partial charge in [-0.1, -0.05) is 60.0 Å². The first kappa shape index (κ1) is 34.4. The zero-order chi connectivity index (χ0) is 34.1. The SMILES string of the molecule is C=C[C@@H]1C[C@]1(NC(=O)[C@@H]1CC2(CN1C(=O)[C@@H](NC(=O)C(NC=O)C1CCCC1)C(C)(C)C)C(C)(C)C21CCC1)C(=O)NS(=C)(C)=O. The van der Waals surface area contributed by atoms with Crippen LogP contribution in [0.3, 0.4) is 0 Å². The third-order valence-corrected chi connectivity index (χ3v) is 13.2. The summed E-state index contributed by atoms with van der Waals surface area (Å²) in [7, 11) is -2.89. The monoisotopic (exact) mass is 659 g/mol. The van der Waals surface area contributed by atoms with Gasteiger partial charge in [0.05, 0.1) is 0 Å². The Balaban J connectivity index is 1.45. The average Bonchev–Trinajstić information content (AvgIpc) is 3.41. The van der Waals surface area contributed by atoms with Crippen molar-refractivity contribution < 1.29 is 28.2 Å². The van der Waals surface area contributed by atoms with E-state index >= 15 is 0 Å². The van der Waals surface area contributed by atoms with Crippen LogP contribution in [0.4, 0.5) is 0 Å². The molecule has 0 radical (unpaired) electrons. The zero-order valence-corrected chi connectivity index (χ0v) is 29.1. The number of carbonyl (C=O) groups is 5. The number of rotatable bonds is 11. The Morgan fingerprint density at radius 2 is 1.65 bits per heavy atom. The maximum absolute atomic E-state index is 14.7. The number of amides is 5. The van der Waals surface area contributed by atoms with Gasteiger partial charge in [-0.15, -0.1) is 6.58 Å². The van der Waals surface area contributed by atoms with Gasteiger partial charge in [0.1, 0.15) is 23.7 Å². The summed E-state index contributed by atoms with van der Waals surface area (Å²) in [4.78, 5) is 69.2. The fraction of sp³-hybridized carbons (Fsp3) is 0.765. The van der Waals surface area contributed by atoms with Gasteiger partial charge < -0.3 is 20.9 Å². The molecule has 5 rings (SSSR count). The van der Waals surface area contributed by atoms with E-state index in [1.165, 1.54) is 6.26 Å². The van der Waals surface area contributed by atoms with E-state index < -0.39 is 56.5 Å². The van der Waals surface area contributed by atoms with Gasteiger partial charge in [-0.05, 0) is 66.6 Å². The number of carbonyl (C=O) groups excluding carboxylic acids is 5. The fourth-order valence-electron chi connectivity index (χ4n) is 9.52. The largest absolute Gasteiger partial charge is 0.347 e. The molecule has 1 heterocycles. The summed E-state index contributed by atoms with van der Waals surface area (Å²) < 4.78 is 14.8. The molecule has 5 fully saturated rings. The summed E-state index contributed by atoms with van der Waals surface area (Å²) in [6, 6.07) is -2.57. The maximum Gasteiger partial charge on any atom is 0.257 e. The van der Waals surface area contributed by atoms with Gasteiger partial charge in [0.2, 0.25) is 24.1 Å². The molecule has 5 aliphatic rings. The minimum absolute atomic E-state index is 0.00457. The molecule has 0 bridgehead atoms. The van der Waals surface area contributed by atoms with Crippen molar-refractivity contribution in [2.45, 2.75) is 116 Å². The Kier molecular flexibility index (Phi) is 8.51. The van der Waals surface area contributed by atoms with Crippen LogP contribution in [-0.4, -0.2) is 81.5 Å². The second-order valence-corrected chi connectivity index (χ2v) is 18.6. The lowest BCUT2D eigenvalue weighted by Crippen LogP contribution is -2.61. The van der Waals surface area contributed by atoms with Crippen molar-refractivity contribution >= 4 is 45.6 Å². The van der Waals surface area contributed by atoms with E-state index in [1.54, 1.807) is 11.0 Å². The summed E-state index contributed by atoms with van der Waals surface area (Å²) in [6.07, 6.45) is 11.0. The van der Waals surface area contributed by atoms with E-state index in [0.29, 0.717) is 25.8 Å². The third kappa shape index (κ3) is 5.36. The summed E-state index contributed by atoms with van der Waals surface area (Å²) in [5.74, 6) is 1.39. The lowest BCUT2D eigenvalue weighted by Gasteiger charge is -2.37. The number of hydrogen-bond donors (Lipinski definition) is 4. The molecule has 4 saturated carbocycles. The quantitative estimate of drug-likeness (QED) is 0.151. The second kappa shape index (κ2) is 11.4. The van der Waals surface area contributed by atoms with Crippen LogP contribution in [0.15, 0.2) is 12.7 Å². The number of fused-ring (bicyclic) bond motifs is 1. The highest BCUT2D eigenvalue weighted by atomic mass is 32.2. The highest BCUT2D eigenvalue weighted by Crippen LogP contribution is 2.88. The van der Waals surface area contributed by atoms with Crippen LogP contribution in [0.2, 0.25) is 0 Å². The van der Waals surface area contributed by atoms with Crippen LogP contribution in [-0.2, 0) is 33.7 Å². The highest BCUT2D eigenvalue weighted by molar-refractivity contribution is 7.98. The zero-order valence-electron chi connectivity index (χ0n) is 28.3. The summed E-state index contributed by atoms with van der Waals surface area (Å²) in [6.45, 7) is 14.3. The van der Waals surface area contributed by atoms with Gasteiger partial charge in [-0.25, -0.2) is 4.21 Å². The Morgan fingerprint density at radius 1 is 1.02 bits per heavy atom. The predicted molar refractivity (Wildman–Crippen MR) is 177 cm³/mol. The Bertz CT molecular complexity index is 1430. The molecule has 2 spiro atoms. The second-order valence-electron chi connectivity index (χ2n) is 16.4. The van der Waals surface area contributed by atoms with Crippen LogP contribution < -0.4 is 20.7 Å². The normalized spacial score (nSPS) is 33.2. The third-order valence-electron chi connectivity index (χ3n) is 12.6. The smallest absolute Gasteiger partial charge is 0.257 e. The average molecular weight is 660 g/mol. The van der Waals surface area contributed by atoms with Gasteiger partial charge in [0, 0.05) is 33.8 Å². The molecule has 12 heteroatoms. The first-order valence-corrected chi connectivity index (χ1v) is 18.8. The summed E-state index contributed by atoms with van der Waals surface area (Å²) >= 11 is 0. The van der Waals surface area contributed by atoms with E-state index in [9.17, 15) is 28.2 Å². The molecule has 7 atom stereocenters. The minimum Gasteiger partial charge on any atom is -0.347 e. The van der Waals surface area contributed by atoms with Gasteiger partial charge in [0.25, 0.3) is 5.91 Å². The molecular formula is C34H53N5O6S. The van der Waals surface area contributed by atoms with Crippen LogP contribution in [0.1, 0.15) is 92.4 Å². The highest BCUT2D eigenvalue weighted by Gasteiger charge is 2.85. The predicted octanol–water partition coefficient (Wildman–Crippen LogP) is 2.06. The van der Waals surface area contributed by atoms with Gasteiger partial charge in [-0.3, -0.25) is 28.7 Å². The van der Waals surface area contributed by atoms with Crippen molar-refractivity contribution in [2.24, 2.45) is 33.5 Å². The van der Waals surface area contributed by atoms with Crippen LogP contribution in [0.25, 0.3) is 0 Å². The lowest BCUT2D eigenvalue weighted by atomic mass is 9.73. The van der Waals surface area contributed by atoms with Crippen LogP contribution in [0.5, 0.6) is 0 Å². The van der Waals surface area contributed by atoms with Crippen molar-refractivity contribution in [1.29, 1.82) is 0 Å². The topological polar surface area (TPSA) is 154 Å². The Hall–Kier alpha value is -2.89. The van der Waals surface area contributed by atoms with Crippen molar-refractivity contribution in [2.75, 3.05) is 12.8 Å². The molecule has 0 aromatic rings. The first-order valence-electron chi connectivity index (χ1n) is 16.7. The summed E-state index contributed by atoms with van der Waals surface area (Å²) in [5, 5.41) is 8.64. The molecule has 4 N–H and O–H groups in total. The molecule has 4 aliphatic carbocycles. The van der Waals surface area contributed by atoms with E-state index in [-0.39, 0.29) is 34.0 Å². The molecule has 0 aromatic carbocycles. The minimum atomic E-state index is -2.89. The molecule has 5 amide bonds. The Morgan fingerprint density at radius 3 is 2.11 bits per heavy atom. The molecule has 11 nitrogen and oxygen atoms in total. The van der Waals surface area contributed by atoms with E-state index in [0.717, 1.165) is 44.9 Å². The maximum atomic E-state index is 14.7. The van der Waals surface area contributed by atoms with Gasteiger partial charge in [-0.2, -0.15) is 0 Å².